The number of fused-ring (bicyclic) bond motifs is 1. The zero-order valence-electron chi connectivity index (χ0n) is 11.9. The van der Waals surface area contributed by atoms with Crippen LogP contribution in [0.4, 0.5) is 4.39 Å². The average molecular weight is 280 g/mol. The molecule has 0 spiro atoms. The van der Waals surface area contributed by atoms with E-state index in [1.165, 1.54) is 23.1 Å². The summed E-state index contributed by atoms with van der Waals surface area (Å²) >= 11 is 0. The molecule has 1 aromatic heterocycles. The lowest BCUT2D eigenvalue weighted by molar-refractivity contribution is 0.572. The molecule has 2 aromatic carbocycles. The summed E-state index contributed by atoms with van der Waals surface area (Å²) in [5, 5.41) is 5.84. The first-order chi connectivity index (χ1) is 10.2. The largest absolute Gasteiger partial charge is 0.306 e. The van der Waals surface area contributed by atoms with E-state index in [4.69, 9.17) is 0 Å². The molecule has 3 rings (SSSR count). The summed E-state index contributed by atoms with van der Waals surface area (Å²) in [7, 11) is 0. The molecular weight excluding hydrogens is 263 g/mol. The van der Waals surface area contributed by atoms with Gasteiger partial charge in [0, 0.05) is 30.4 Å². The van der Waals surface area contributed by atoms with E-state index >= 15 is 0 Å². The van der Waals surface area contributed by atoms with Gasteiger partial charge in [0.05, 0.1) is 0 Å². The highest BCUT2D eigenvalue weighted by molar-refractivity contribution is 5.84. The minimum Gasteiger partial charge on any atom is -0.306 e. The van der Waals surface area contributed by atoms with E-state index in [9.17, 15) is 4.39 Å². The molecule has 0 fully saturated rings. The van der Waals surface area contributed by atoms with Crippen molar-refractivity contribution >= 4 is 10.8 Å². The topological polar surface area (TPSA) is 24.9 Å². The second kappa shape index (κ2) is 6.02. The summed E-state index contributed by atoms with van der Waals surface area (Å²) in [6, 6.07) is 15.1. The number of aromatic nitrogens is 1. The van der Waals surface area contributed by atoms with Gasteiger partial charge in [-0.25, -0.2) is 4.39 Å². The van der Waals surface area contributed by atoms with E-state index in [0.717, 1.165) is 17.5 Å². The summed E-state index contributed by atoms with van der Waals surface area (Å²) < 4.78 is 12.9. The molecule has 0 aliphatic rings. The van der Waals surface area contributed by atoms with Gasteiger partial charge < -0.3 is 5.32 Å². The number of nitrogens with zero attached hydrogens (tertiary/aromatic N) is 1. The monoisotopic (exact) mass is 280 g/mol. The van der Waals surface area contributed by atoms with Crippen molar-refractivity contribution < 1.29 is 4.39 Å². The van der Waals surface area contributed by atoms with Gasteiger partial charge >= 0.3 is 0 Å². The number of nitrogens with one attached hydrogen (secondary N) is 1. The molecule has 1 unspecified atom stereocenters. The van der Waals surface area contributed by atoms with Gasteiger partial charge in [0.25, 0.3) is 0 Å². The van der Waals surface area contributed by atoms with Gasteiger partial charge in [0.15, 0.2) is 0 Å². The number of pyridine rings is 1. The van der Waals surface area contributed by atoms with E-state index in [1.807, 2.05) is 36.7 Å². The molecule has 1 heterocycles. The highest BCUT2D eigenvalue weighted by atomic mass is 19.1. The van der Waals surface area contributed by atoms with Crippen molar-refractivity contribution in [3.05, 3.63) is 77.9 Å². The first kappa shape index (κ1) is 13.7. The third-order valence-corrected chi connectivity index (χ3v) is 3.74. The van der Waals surface area contributed by atoms with Crippen LogP contribution in [0.25, 0.3) is 10.8 Å². The maximum Gasteiger partial charge on any atom is 0.123 e. The lowest BCUT2D eigenvalue weighted by Crippen LogP contribution is -2.18. The van der Waals surface area contributed by atoms with Crippen LogP contribution in [0.1, 0.15) is 24.1 Å². The highest BCUT2D eigenvalue weighted by Crippen LogP contribution is 2.19. The molecule has 0 radical (unpaired) electrons. The number of rotatable bonds is 4. The van der Waals surface area contributed by atoms with E-state index < -0.39 is 0 Å². The van der Waals surface area contributed by atoms with Crippen molar-refractivity contribution in [1.29, 1.82) is 0 Å². The summed E-state index contributed by atoms with van der Waals surface area (Å²) in [6.45, 7) is 2.85. The van der Waals surface area contributed by atoms with Gasteiger partial charge in [-0.15, -0.1) is 0 Å². The molecule has 106 valence electrons. The molecule has 1 atom stereocenters. The zero-order valence-corrected chi connectivity index (χ0v) is 11.9. The van der Waals surface area contributed by atoms with Gasteiger partial charge in [-0.3, -0.25) is 4.98 Å². The molecular formula is C18H17FN2. The number of hydrogen-bond donors (Lipinski definition) is 1. The predicted octanol–water partition coefficient (Wildman–Crippen LogP) is 4.22. The third kappa shape index (κ3) is 3.09. The molecule has 0 aliphatic heterocycles. The number of hydrogen-bond acceptors (Lipinski definition) is 2. The molecule has 0 saturated heterocycles. The Kier molecular flexibility index (Phi) is 3.93. The van der Waals surface area contributed by atoms with Crippen molar-refractivity contribution in [3.63, 3.8) is 0 Å². The van der Waals surface area contributed by atoms with Gasteiger partial charge in [-0.2, -0.15) is 0 Å². The van der Waals surface area contributed by atoms with Crippen LogP contribution in [0.2, 0.25) is 0 Å². The van der Waals surface area contributed by atoms with E-state index in [-0.39, 0.29) is 11.9 Å². The Balaban J connectivity index is 1.76. The fourth-order valence-electron chi connectivity index (χ4n) is 2.48. The van der Waals surface area contributed by atoms with Crippen LogP contribution < -0.4 is 5.32 Å². The van der Waals surface area contributed by atoms with Crippen LogP contribution in [-0.4, -0.2) is 4.98 Å². The first-order valence-corrected chi connectivity index (χ1v) is 7.04. The zero-order chi connectivity index (χ0) is 14.7. The van der Waals surface area contributed by atoms with Crippen LogP contribution in [0.3, 0.4) is 0 Å². The summed E-state index contributed by atoms with van der Waals surface area (Å²) in [4.78, 5) is 4.15. The van der Waals surface area contributed by atoms with Gasteiger partial charge in [-0.05, 0) is 41.6 Å². The van der Waals surface area contributed by atoms with Gasteiger partial charge in [0.1, 0.15) is 5.82 Å². The van der Waals surface area contributed by atoms with E-state index in [0.29, 0.717) is 0 Å². The summed E-state index contributed by atoms with van der Waals surface area (Å²) in [6.07, 6.45) is 3.69. The Morgan fingerprint density at radius 1 is 1.10 bits per heavy atom. The van der Waals surface area contributed by atoms with Crippen molar-refractivity contribution in [1.82, 2.24) is 10.3 Å². The van der Waals surface area contributed by atoms with Crippen molar-refractivity contribution in [2.75, 3.05) is 0 Å². The highest BCUT2D eigenvalue weighted by Gasteiger charge is 2.06. The van der Waals surface area contributed by atoms with Crippen LogP contribution in [-0.2, 0) is 6.54 Å². The standard InChI is InChI=1S/C18H17FN2/c1-13(14-5-7-17(19)8-6-14)21-12-16-4-2-3-15-11-20-10-9-18(15)16/h2-11,13,21H,12H2,1H3. The molecule has 0 aliphatic carbocycles. The lowest BCUT2D eigenvalue weighted by atomic mass is 10.0. The Morgan fingerprint density at radius 3 is 2.71 bits per heavy atom. The molecule has 0 saturated carbocycles. The summed E-state index contributed by atoms with van der Waals surface area (Å²) in [5.41, 5.74) is 2.32. The smallest absolute Gasteiger partial charge is 0.123 e. The molecule has 3 aromatic rings. The quantitative estimate of drug-likeness (QED) is 0.773. The number of halogens is 1. The minimum atomic E-state index is -0.201. The predicted molar refractivity (Wildman–Crippen MR) is 83.4 cm³/mol. The van der Waals surface area contributed by atoms with E-state index in [1.54, 1.807) is 0 Å². The Hall–Kier alpha value is -2.26. The summed E-state index contributed by atoms with van der Waals surface area (Å²) in [5.74, 6) is -0.201. The Labute approximate surface area is 123 Å². The van der Waals surface area contributed by atoms with Crippen LogP contribution in [0.15, 0.2) is 60.9 Å². The van der Waals surface area contributed by atoms with Gasteiger partial charge in [-0.1, -0.05) is 30.3 Å². The Morgan fingerprint density at radius 2 is 1.90 bits per heavy atom. The van der Waals surface area contributed by atoms with E-state index in [2.05, 4.69) is 29.4 Å². The minimum absolute atomic E-state index is 0.169. The third-order valence-electron chi connectivity index (χ3n) is 3.74. The fourth-order valence-corrected chi connectivity index (χ4v) is 2.48. The van der Waals surface area contributed by atoms with Crippen molar-refractivity contribution in [2.45, 2.75) is 19.5 Å². The molecule has 3 heteroatoms. The molecule has 0 amide bonds. The SMILES string of the molecule is CC(NCc1cccc2cnccc12)c1ccc(F)cc1. The Bertz CT molecular complexity index is 732. The number of benzene rings is 2. The average Bonchev–Trinajstić information content (AvgIpc) is 2.53. The maximum atomic E-state index is 12.9. The van der Waals surface area contributed by atoms with Crippen LogP contribution in [0.5, 0.6) is 0 Å². The van der Waals surface area contributed by atoms with Crippen molar-refractivity contribution in [3.8, 4) is 0 Å². The maximum absolute atomic E-state index is 12.9. The normalized spacial score (nSPS) is 12.5. The van der Waals surface area contributed by atoms with Crippen LogP contribution in [0, 0.1) is 5.82 Å². The van der Waals surface area contributed by atoms with Crippen molar-refractivity contribution in [2.24, 2.45) is 0 Å². The fraction of sp³-hybridized carbons (Fsp3) is 0.167. The van der Waals surface area contributed by atoms with Gasteiger partial charge in [0.2, 0.25) is 0 Å². The second-order valence-electron chi connectivity index (χ2n) is 5.17. The molecule has 2 nitrogen and oxygen atoms in total. The second-order valence-corrected chi connectivity index (χ2v) is 5.17. The molecule has 1 N–H and O–H groups in total. The molecule has 0 bridgehead atoms. The van der Waals surface area contributed by atoms with Crippen LogP contribution >= 0.6 is 0 Å². The lowest BCUT2D eigenvalue weighted by Gasteiger charge is -2.15. The molecule has 21 heavy (non-hydrogen) atoms. The first-order valence-electron chi connectivity index (χ1n) is 7.04.